The predicted octanol–water partition coefficient (Wildman–Crippen LogP) is 2.43. The van der Waals surface area contributed by atoms with Gasteiger partial charge in [-0.15, -0.1) is 0 Å². The molecule has 6 heteroatoms. The van der Waals surface area contributed by atoms with Gasteiger partial charge in [-0.1, -0.05) is 30.3 Å². The van der Waals surface area contributed by atoms with Gasteiger partial charge < -0.3 is 14.6 Å². The molecule has 0 bridgehead atoms. The van der Waals surface area contributed by atoms with Gasteiger partial charge in [-0.2, -0.15) is 0 Å². The maximum atomic E-state index is 13.3. The van der Waals surface area contributed by atoms with Crippen LogP contribution in [-0.4, -0.2) is 43.6 Å². The Labute approximate surface area is 152 Å². The number of pyridine rings is 1. The number of imidazole rings is 1. The second-order valence-electron chi connectivity index (χ2n) is 6.09. The summed E-state index contributed by atoms with van der Waals surface area (Å²) in [6.45, 7) is 2.27. The normalized spacial score (nSPS) is 10.7. The largest absolute Gasteiger partial charge is 0.395 e. The van der Waals surface area contributed by atoms with Crippen molar-refractivity contribution in [3.63, 3.8) is 0 Å². The molecule has 1 N–H and O–H groups in total. The molecule has 6 nitrogen and oxygen atoms in total. The van der Waals surface area contributed by atoms with Crippen LogP contribution in [0.5, 0.6) is 0 Å². The van der Waals surface area contributed by atoms with E-state index in [1.165, 1.54) is 0 Å². The van der Waals surface area contributed by atoms with E-state index in [0.29, 0.717) is 17.8 Å². The van der Waals surface area contributed by atoms with Crippen molar-refractivity contribution in [2.24, 2.45) is 7.05 Å². The van der Waals surface area contributed by atoms with Crippen molar-refractivity contribution >= 4 is 5.91 Å². The summed E-state index contributed by atoms with van der Waals surface area (Å²) in [6.07, 6.45) is 5.24. The van der Waals surface area contributed by atoms with Crippen LogP contribution in [0.1, 0.15) is 21.9 Å². The van der Waals surface area contributed by atoms with E-state index in [1.54, 1.807) is 17.3 Å². The Hall–Kier alpha value is -2.99. The molecule has 0 fully saturated rings. The summed E-state index contributed by atoms with van der Waals surface area (Å²) in [5, 5.41) is 9.45. The summed E-state index contributed by atoms with van der Waals surface area (Å²) < 4.78 is 1.87. The Morgan fingerprint density at radius 1 is 1.15 bits per heavy atom. The molecule has 0 unspecified atom stereocenters. The highest BCUT2D eigenvalue weighted by Gasteiger charge is 2.23. The lowest BCUT2D eigenvalue weighted by Crippen LogP contribution is -2.35. The molecule has 1 amide bonds. The van der Waals surface area contributed by atoms with Gasteiger partial charge in [-0.3, -0.25) is 9.78 Å². The van der Waals surface area contributed by atoms with Crippen LogP contribution in [0.4, 0.5) is 0 Å². The minimum absolute atomic E-state index is 0.115. The van der Waals surface area contributed by atoms with Crippen LogP contribution >= 0.6 is 0 Å². The SMILES string of the molecule is Cc1nccc(-c2ccccc2)c1C(=O)N(CCO)Cc1nccn1C. The molecule has 26 heavy (non-hydrogen) atoms. The van der Waals surface area contributed by atoms with Crippen molar-refractivity contribution in [2.45, 2.75) is 13.5 Å². The van der Waals surface area contributed by atoms with Gasteiger partial charge in [0.25, 0.3) is 5.91 Å². The minimum atomic E-state index is -0.161. The van der Waals surface area contributed by atoms with E-state index in [0.717, 1.165) is 17.0 Å². The number of amides is 1. The van der Waals surface area contributed by atoms with Gasteiger partial charge in [0.2, 0.25) is 0 Å². The zero-order valence-corrected chi connectivity index (χ0v) is 15.0. The van der Waals surface area contributed by atoms with Gasteiger partial charge in [-0.05, 0) is 24.1 Å². The molecule has 2 aromatic heterocycles. The van der Waals surface area contributed by atoms with Gasteiger partial charge in [0.1, 0.15) is 5.82 Å². The van der Waals surface area contributed by atoms with Crippen molar-refractivity contribution in [2.75, 3.05) is 13.2 Å². The maximum absolute atomic E-state index is 13.3. The Bertz CT molecular complexity index is 890. The number of nitrogens with zero attached hydrogens (tertiary/aromatic N) is 4. The smallest absolute Gasteiger partial charge is 0.256 e. The van der Waals surface area contributed by atoms with Gasteiger partial charge in [-0.25, -0.2) is 4.98 Å². The summed E-state index contributed by atoms with van der Waals surface area (Å²) >= 11 is 0. The third-order valence-electron chi connectivity index (χ3n) is 4.35. The number of aromatic nitrogens is 3. The van der Waals surface area contributed by atoms with E-state index >= 15 is 0 Å². The fourth-order valence-electron chi connectivity index (χ4n) is 2.95. The Morgan fingerprint density at radius 2 is 1.92 bits per heavy atom. The summed E-state index contributed by atoms with van der Waals surface area (Å²) in [5.74, 6) is 0.598. The van der Waals surface area contributed by atoms with Crippen molar-refractivity contribution in [3.8, 4) is 11.1 Å². The molecule has 0 aliphatic rings. The number of aryl methyl sites for hydroxylation is 2. The van der Waals surface area contributed by atoms with E-state index in [9.17, 15) is 9.90 Å². The zero-order valence-electron chi connectivity index (χ0n) is 15.0. The molecular formula is C20H22N4O2. The molecule has 2 heterocycles. The van der Waals surface area contributed by atoms with Crippen LogP contribution in [0.25, 0.3) is 11.1 Å². The second-order valence-corrected chi connectivity index (χ2v) is 6.09. The maximum Gasteiger partial charge on any atom is 0.256 e. The first-order valence-corrected chi connectivity index (χ1v) is 8.49. The predicted molar refractivity (Wildman–Crippen MR) is 99.4 cm³/mol. The fraction of sp³-hybridized carbons (Fsp3) is 0.250. The van der Waals surface area contributed by atoms with E-state index in [-0.39, 0.29) is 19.1 Å². The third-order valence-corrected chi connectivity index (χ3v) is 4.35. The molecule has 3 rings (SSSR count). The molecule has 1 aromatic carbocycles. The molecule has 0 aliphatic carbocycles. The Morgan fingerprint density at radius 3 is 2.58 bits per heavy atom. The highest BCUT2D eigenvalue weighted by molar-refractivity contribution is 6.01. The summed E-state index contributed by atoms with van der Waals surface area (Å²) in [6, 6.07) is 11.6. The van der Waals surface area contributed by atoms with Crippen LogP contribution in [0.3, 0.4) is 0 Å². The third kappa shape index (κ3) is 3.65. The highest BCUT2D eigenvalue weighted by Crippen LogP contribution is 2.26. The van der Waals surface area contributed by atoms with Crippen LogP contribution < -0.4 is 0 Å². The van der Waals surface area contributed by atoms with Crippen molar-refractivity contribution < 1.29 is 9.90 Å². The van der Waals surface area contributed by atoms with Crippen molar-refractivity contribution in [1.82, 2.24) is 19.4 Å². The quantitative estimate of drug-likeness (QED) is 0.741. The molecule has 0 spiro atoms. The Balaban J connectivity index is 2.00. The number of carbonyl (C=O) groups is 1. The lowest BCUT2D eigenvalue weighted by molar-refractivity contribution is 0.0701. The van der Waals surface area contributed by atoms with Gasteiger partial charge in [0.05, 0.1) is 24.4 Å². The van der Waals surface area contributed by atoms with Crippen LogP contribution in [0, 0.1) is 6.92 Å². The van der Waals surface area contributed by atoms with Gasteiger partial charge in [0, 0.05) is 32.2 Å². The highest BCUT2D eigenvalue weighted by atomic mass is 16.3. The first-order valence-electron chi connectivity index (χ1n) is 8.49. The molecule has 134 valence electrons. The van der Waals surface area contributed by atoms with Crippen molar-refractivity contribution in [3.05, 3.63) is 72.1 Å². The Kier molecular flexibility index (Phi) is 5.43. The van der Waals surface area contributed by atoms with E-state index < -0.39 is 0 Å². The minimum Gasteiger partial charge on any atom is -0.395 e. The number of aliphatic hydroxyl groups is 1. The van der Waals surface area contributed by atoms with Gasteiger partial charge >= 0.3 is 0 Å². The average molecular weight is 350 g/mol. The number of hydrogen-bond donors (Lipinski definition) is 1. The molecular weight excluding hydrogens is 328 g/mol. The van der Waals surface area contributed by atoms with E-state index in [2.05, 4.69) is 9.97 Å². The van der Waals surface area contributed by atoms with Crippen LogP contribution in [0.15, 0.2) is 55.0 Å². The molecule has 0 radical (unpaired) electrons. The first-order chi connectivity index (χ1) is 12.6. The number of benzene rings is 1. The molecule has 0 atom stereocenters. The summed E-state index contributed by atoms with van der Waals surface area (Å²) in [4.78, 5) is 23.5. The lowest BCUT2D eigenvalue weighted by Gasteiger charge is -2.23. The van der Waals surface area contributed by atoms with Crippen LogP contribution in [0.2, 0.25) is 0 Å². The van der Waals surface area contributed by atoms with Crippen LogP contribution in [-0.2, 0) is 13.6 Å². The second kappa shape index (κ2) is 7.93. The molecule has 0 aliphatic heterocycles. The first kappa shape index (κ1) is 17.8. The van der Waals surface area contributed by atoms with Gasteiger partial charge in [0.15, 0.2) is 0 Å². The summed E-state index contributed by atoms with van der Waals surface area (Å²) in [5.41, 5.74) is 3.02. The van der Waals surface area contributed by atoms with Crippen molar-refractivity contribution in [1.29, 1.82) is 0 Å². The molecule has 0 saturated carbocycles. The average Bonchev–Trinajstić information content (AvgIpc) is 3.06. The zero-order chi connectivity index (χ0) is 18.5. The fourth-order valence-corrected chi connectivity index (χ4v) is 2.95. The number of rotatable bonds is 6. The standard InChI is InChI=1S/C20H22N4O2/c1-15-19(17(8-9-21-15)16-6-4-3-5-7-16)20(26)24(12-13-25)14-18-22-10-11-23(18)2/h3-11,25H,12-14H2,1-2H3. The topological polar surface area (TPSA) is 71.2 Å². The number of carbonyl (C=O) groups excluding carboxylic acids is 1. The number of hydrogen-bond acceptors (Lipinski definition) is 4. The molecule has 3 aromatic rings. The number of aliphatic hydroxyl groups excluding tert-OH is 1. The molecule has 0 saturated heterocycles. The lowest BCUT2D eigenvalue weighted by atomic mass is 9.98. The van der Waals surface area contributed by atoms with E-state index in [4.69, 9.17) is 0 Å². The summed E-state index contributed by atoms with van der Waals surface area (Å²) in [7, 11) is 1.88. The monoisotopic (exact) mass is 350 g/mol. The van der Waals surface area contributed by atoms with E-state index in [1.807, 2.05) is 61.1 Å².